The van der Waals surface area contributed by atoms with Crippen molar-refractivity contribution in [1.82, 2.24) is 15.1 Å². The Balaban J connectivity index is 1.69. The van der Waals surface area contributed by atoms with Gasteiger partial charge in [0.1, 0.15) is 0 Å². The van der Waals surface area contributed by atoms with Gasteiger partial charge in [-0.15, -0.1) is 10.2 Å². The number of nitrogen functional groups attached to an aromatic ring is 1. The van der Waals surface area contributed by atoms with Crippen LogP contribution in [0.1, 0.15) is 38.5 Å². The highest BCUT2D eigenvalue weighted by molar-refractivity contribution is 8.01. The number of nitrogens with zero attached hydrogens (tertiary/aromatic N) is 3. The molecule has 0 aromatic carbocycles. The lowest BCUT2D eigenvalue weighted by atomic mass is 9.93. The van der Waals surface area contributed by atoms with Crippen LogP contribution in [0.2, 0.25) is 0 Å². The minimum atomic E-state index is -3.01. The van der Waals surface area contributed by atoms with Gasteiger partial charge in [0, 0.05) is 12.1 Å². The second-order valence-corrected chi connectivity index (χ2v) is 10.8. The van der Waals surface area contributed by atoms with Gasteiger partial charge in [0.15, 0.2) is 14.2 Å². The van der Waals surface area contributed by atoms with E-state index in [1.807, 2.05) is 4.90 Å². The minimum Gasteiger partial charge on any atom is -0.374 e. The zero-order chi connectivity index (χ0) is 17.2. The van der Waals surface area contributed by atoms with Crippen LogP contribution in [-0.4, -0.2) is 58.8 Å². The predicted octanol–water partition coefficient (Wildman–Crippen LogP) is 1.56. The number of nitrogens with two attached hydrogens (primary N) is 1. The topological polar surface area (TPSA) is 106 Å². The Morgan fingerprint density at radius 3 is 2.54 bits per heavy atom. The molecule has 10 heteroatoms. The van der Waals surface area contributed by atoms with E-state index in [0.717, 1.165) is 25.7 Å². The fourth-order valence-corrected chi connectivity index (χ4v) is 6.75. The van der Waals surface area contributed by atoms with E-state index in [-0.39, 0.29) is 35.2 Å². The fraction of sp³-hybridized carbons (Fsp3) is 0.786. The van der Waals surface area contributed by atoms with Crippen LogP contribution in [0.4, 0.5) is 5.13 Å². The Hall–Kier alpha value is -0.870. The van der Waals surface area contributed by atoms with Crippen molar-refractivity contribution in [3.63, 3.8) is 0 Å². The smallest absolute Gasteiger partial charge is 0.233 e. The van der Waals surface area contributed by atoms with Crippen LogP contribution < -0.4 is 5.73 Å². The first-order chi connectivity index (χ1) is 11.4. The van der Waals surface area contributed by atoms with Crippen LogP contribution in [0.3, 0.4) is 0 Å². The van der Waals surface area contributed by atoms with Crippen molar-refractivity contribution < 1.29 is 13.2 Å². The summed E-state index contributed by atoms with van der Waals surface area (Å²) < 4.78 is 24.4. The highest BCUT2D eigenvalue weighted by Gasteiger charge is 2.38. The molecule has 0 bridgehead atoms. The standard InChI is InChI=1S/C14H22N4O3S3/c15-13-16-17-14(23-13)22-8-12(19)18(10-4-2-1-3-5-10)11-6-7-24(20,21)9-11/h10-11H,1-9H2,(H2,15,16). The van der Waals surface area contributed by atoms with Crippen molar-refractivity contribution >= 4 is 44.0 Å². The molecule has 1 aliphatic heterocycles. The van der Waals surface area contributed by atoms with E-state index in [9.17, 15) is 13.2 Å². The molecule has 2 fully saturated rings. The van der Waals surface area contributed by atoms with Gasteiger partial charge in [-0.3, -0.25) is 4.79 Å². The molecule has 1 saturated carbocycles. The number of carbonyl (C=O) groups excluding carboxylic acids is 1. The van der Waals surface area contributed by atoms with Crippen LogP contribution in [-0.2, 0) is 14.6 Å². The van der Waals surface area contributed by atoms with E-state index in [4.69, 9.17) is 5.73 Å². The Morgan fingerprint density at radius 2 is 1.96 bits per heavy atom. The lowest BCUT2D eigenvalue weighted by molar-refractivity contribution is -0.133. The molecule has 1 saturated heterocycles. The van der Waals surface area contributed by atoms with Crippen molar-refractivity contribution in [2.75, 3.05) is 23.0 Å². The average Bonchev–Trinajstić information content (AvgIpc) is 3.12. The molecule has 1 aromatic heterocycles. The highest BCUT2D eigenvalue weighted by atomic mass is 32.2. The lowest BCUT2D eigenvalue weighted by Crippen LogP contribution is -2.49. The minimum absolute atomic E-state index is 0.00257. The van der Waals surface area contributed by atoms with Crippen molar-refractivity contribution in [1.29, 1.82) is 0 Å². The third-order valence-electron chi connectivity index (χ3n) is 4.60. The van der Waals surface area contributed by atoms with E-state index in [1.54, 1.807) is 0 Å². The summed E-state index contributed by atoms with van der Waals surface area (Å²) in [5.74, 6) is 0.546. The lowest BCUT2D eigenvalue weighted by Gasteiger charge is -2.38. The summed E-state index contributed by atoms with van der Waals surface area (Å²) >= 11 is 2.59. The molecule has 0 spiro atoms. The molecule has 1 amide bonds. The van der Waals surface area contributed by atoms with Crippen molar-refractivity contribution in [2.24, 2.45) is 0 Å². The number of carbonyl (C=O) groups is 1. The molecule has 24 heavy (non-hydrogen) atoms. The molecule has 1 unspecified atom stereocenters. The predicted molar refractivity (Wildman–Crippen MR) is 95.8 cm³/mol. The van der Waals surface area contributed by atoms with Crippen LogP contribution in [0, 0.1) is 0 Å². The number of thioether (sulfide) groups is 1. The molecule has 7 nitrogen and oxygen atoms in total. The van der Waals surface area contributed by atoms with Gasteiger partial charge in [-0.2, -0.15) is 0 Å². The summed E-state index contributed by atoms with van der Waals surface area (Å²) in [7, 11) is -3.01. The number of hydrogen-bond acceptors (Lipinski definition) is 8. The Morgan fingerprint density at radius 1 is 1.21 bits per heavy atom. The summed E-state index contributed by atoms with van der Waals surface area (Å²) in [5, 5.41) is 8.05. The number of sulfone groups is 1. The molecule has 3 rings (SSSR count). The van der Waals surface area contributed by atoms with Crippen LogP contribution in [0.5, 0.6) is 0 Å². The third kappa shape index (κ3) is 4.40. The monoisotopic (exact) mass is 390 g/mol. The maximum absolute atomic E-state index is 12.9. The normalized spacial score (nSPS) is 24.1. The first kappa shape index (κ1) is 17.9. The third-order valence-corrected chi connectivity index (χ3v) is 8.22. The average molecular weight is 391 g/mol. The highest BCUT2D eigenvalue weighted by Crippen LogP contribution is 2.30. The summed E-state index contributed by atoms with van der Waals surface area (Å²) in [6, 6.07) is -0.00433. The summed E-state index contributed by atoms with van der Waals surface area (Å²) in [6.07, 6.45) is 5.90. The van der Waals surface area contributed by atoms with E-state index < -0.39 is 9.84 Å². The number of aromatic nitrogens is 2. The van der Waals surface area contributed by atoms with Gasteiger partial charge in [0.05, 0.1) is 17.3 Å². The van der Waals surface area contributed by atoms with Crippen molar-refractivity contribution in [3.05, 3.63) is 0 Å². The molecule has 1 aliphatic carbocycles. The maximum atomic E-state index is 12.9. The van der Waals surface area contributed by atoms with Gasteiger partial charge in [-0.1, -0.05) is 42.4 Å². The quantitative estimate of drug-likeness (QED) is 0.760. The first-order valence-corrected chi connectivity index (χ1v) is 11.8. The van der Waals surface area contributed by atoms with Crippen LogP contribution in [0.25, 0.3) is 0 Å². The summed E-state index contributed by atoms with van der Waals surface area (Å²) in [4.78, 5) is 14.7. The molecule has 1 atom stereocenters. The van der Waals surface area contributed by atoms with E-state index in [2.05, 4.69) is 10.2 Å². The molecule has 134 valence electrons. The van der Waals surface area contributed by atoms with E-state index in [1.165, 1.54) is 29.5 Å². The van der Waals surface area contributed by atoms with Gasteiger partial charge in [0.25, 0.3) is 0 Å². The fourth-order valence-electron chi connectivity index (χ4n) is 3.54. The van der Waals surface area contributed by atoms with Crippen LogP contribution in [0.15, 0.2) is 4.34 Å². The molecule has 2 N–H and O–H groups in total. The molecular formula is C14H22N4O3S3. The SMILES string of the molecule is Nc1nnc(SCC(=O)N(C2CCCCC2)C2CCS(=O)(=O)C2)s1. The number of amides is 1. The Labute approximate surface area is 150 Å². The van der Waals surface area contributed by atoms with Gasteiger partial charge < -0.3 is 10.6 Å². The van der Waals surface area contributed by atoms with E-state index in [0.29, 0.717) is 15.9 Å². The molecule has 2 heterocycles. The summed E-state index contributed by atoms with van der Waals surface area (Å²) in [6.45, 7) is 0. The molecule has 0 radical (unpaired) electrons. The second kappa shape index (κ2) is 7.57. The second-order valence-electron chi connectivity index (χ2n) is 6.34. The Bertz CT molecular complexity index is 685. The number of rotatable bonds is 5. The molecule has 1 aromatic rings. The van der Waals surface area contributed by atoms with Gasteiger partial charge in [-0.05, 0) is 19.3 Å². The first-order valence-electron chi connectivity index (χ1n) is 8.18. The molecular weight excluding hydrogens is 368 g/mol. The van der Waals surface area contributed by atoms with E-state index >= 15 is 0 Å². The Kier molecular flexibility index (Phi) is 5.66. The van der Waals surface area contributed by atoms with Crippen LogP contribution >= 0.6 is 23.1 Å². The zero-order valence-electron chi connectivity index (χ0n) is 13.4. The largest absolute Gasteiger partial charge is 0.374 e. The molecule has 2 aliphatic rings. The van der Waals surface area contributed by atoms with Gasteiger partial charge in [0.2, 0.25) is 11.0 Å². The number of anilines is 1. The van der Waals surface area contributed by atoms with Crippen molar-refractivity contribution in [3.8, 4) is 0 Å². The zero-order valence-corrected chi connectivity index (χ0v) is 15.8. The maximum Gasteiger partial charge on any atom is 0.233 e. The van der Waals surface area contributed by atoms with Crippen molar-refractivity contribution in [2.45, 2.75) is 54.9 Å². The summed E-state index contributed by atoms with van der Waals surface area (Å²) in [5.41, 5.74) is 5.56. The van der Waals surface area contributed by atoms with Gasteiger partial charge in [-0.25, -0.2) is 8.42 Å². The van der Waals surface area contributed by atoms with Gasteiger partial charge >= 0.3 is 0 Å². The number of hydrogen-bond donors (Lipinski definition) is 1.